The van der Waals surface area contributed by atoms with Crippen LogP contribution >= 0.6 is 23.2 Å². The highest BCUT2D eigenvalue weighted by molar-refractivity contribution is 6.35. The molecular formula is C12H10Cl2N+. The van der Waals surface area contributed by atoms with E-state index in [1.54, 1.807) is 0 Å². The van der Waals surface area contributed by atoms with Crippen LogP contribution in [0, 0.1) is 0 Å². The topological polar surface area (TPSA) is 3.88 Å². The number of hydrogen-bond acceptors (Lipinski definition) is 0. The van der Waals surface area contributed by atoms with Crippen LogP contribution in [0.5, 0.6) is 0 Å². The van der Waals surface area contributed by atoms with Crippen molar-refractivity contribution in [3.8, 4) is 0 Å². The molecule has 0 aliphatic carbocycles. The highest BCUT2D eigenvalue weighted by Crippen LogP contribution is 2.23. The van der Waals surface area contributed by atoms with Crippen LogP contribution in [0.25, 0.3) is 0 Å². The lowest BCUT2D eigenvalue weighted by molar-refractivity contribution is -0.688. The first-order chi connectivity index (χ1) is 7.27. The van der Waals surface area contributed by atoms with Gasteiger partial charge in [0.25, 0.3) is 0 Å². The second-order valence-electron chi connectivity index (χ2n) is 3.25. The Morgan fingerprint density at radius 3 is 2.07 bits per heavy atom. The van der Waals surface area contributed by atoms with E-state index in [2.05, 4.69) is 0 Å². The van der Waals surface area contributed by atoms with Gasteiger partial charge in [-0.25, -0.2) is 4.57 Å². The molecule has 0 aliphatic heterocycles. The Balaban J connectivity index is 2.32. The monoisotopic (exact) mass is 238 g/mol. The summed E-state index contributed by atoms with van der Waals surface area (Å²) in [5, 5.41) is 1.41. The van der Waals surface area contributed by atoms with E-state index < -0.39 is 0 Å². The first kappa shape index (κ1) is 10.5. The van der Waals surface area contributed by atoms with Crippen LogP contribution in [0.3, 0.4) is 0 Å². The van der Waals surface area contributed by atoms with E-state index >= 15 is 0 Å². The molecule has 0 radical (unpaired) electrons. The molecule has 0 amide bonds. The van der Waals surface area contributed by atoms with Gasteiger partial charge >= 0.3 is 0 Å². The summed E-state index contributed by atoms with van der Waals surface area (Å²) in [6.45, 7) is 0.694. The van der Waals surface area contributed by atoms with Crippen LogP contribution in [0.2, 0.25) is 10.0 Å². The molecule has 0 aliphatic rings. The molecule has 2 aromatic rings. The molecule has 76 valence electrons. The van der Waals surface area contributed by atoms with Crippen molar-refractivity contribution < 1.29 is 4.57 Å². The summed E-state index contributed by atoms with van der Waals surface area (Å²) in [4.78, 5) is 0. The third-order valence-electron chi connectivity index (χ3n) is 2.18. The van der Waals surface area contributed by atoms with E-state index in [0.717, 1.165) is 5.56 Å². The predicted octanol–water partition coefficient (Wildman–Crippen LogP) is 3.33. The van der Waals surface area contributed by atoms with E-state index in [-0.39, 0.29) is 0 Å². The van der Waals surface area contributed by atoms with Crippen LogP contribution in [0.15, 0.2) is 48.8 Å². The molecule has 0 N–H and O–H groups in total. The summed E-state index contributed by atoms with van der Waals surface area (Å²) in [5.74, 6) is 0. The Labute approximate surface area is 98.9 Å². The molecule has 1 nitrogen and oxygen atoms in total. The summed E-state index contributed by atoms with van der Waals surface area (Å²) < 4.78 is 2.03. The van der Waals surface area contributed by atoms with Gasteiger partial charge in [0.15, 0.2) is 18.9 Å². The van der Waals surface area contributed by atoms with Gasteiger partial charge < -0.3 is 0 Å². The largest absolute Gasteiger partial charge is 0.201 e. The molecule has 1 aromatic carbocycles. The summed E-state index contributed by atoms with van der Waals surface area (Å²) in [6.07, 6.45) is 3.97. The fourth-order valence-corrected chi connectivity index (χ4v) is 1.92. The van der Waals surface area contributed by atoms with Gasteiger partial charge in [-0.05, 0) is 12.1 Å². The maximum atomic E-state index is 6.08. The Hall–Kier alpha value is -1.05. The van der Waals surface area contributed by atoms with E-state index in [1.165, 1.54) is 0 Å². The van der Waals surface area contributed by atoms with E-state index in [4.69, 9.17) is 23.2 Å². The number of rotatable bonds is 2. The maximum Gasteiger partial charge on any atom is 0.176 e. The fourth-order valence-electron chi connectivity index (χ4n) is 1.41. The Morgan fingerprint density at radius 1 is 0.867 bits per heavy atom. The van der Waals surface area contributed by atoms with Crippen LogP contribution in [0.1, 0.15) is 5.56 Å². The molecular weight excluding hydrogens is 229 g/mol. The summed E-state index contributed by atoms with van der Waals surface area (Å²) in [6, 6.07) is 11.5. The number of hydrogen-bond donors (Lipinski definition) is 0. The van der Waals surface area contributed by atoms with Crippen LogP contribution in [-0.2, 0) is 6.54 Å². The Kier molecular flexibility index (Phi) is 3.24. The lowest BCUT2D eigenvalue weighted by atomic mass is 10.2. The summed E-state index contributed by atoms with van der Waals surface area (Å²) in [7, 11) is 0. The van der Waals surface area contributed by atoms with Crippen LogP contribution in [-0.4, -0.2) is 0 Å². The smallest absolute Gasteiger partial charge is 0.176 e. The van der Waals surface area contributed by atoms with Crippen molar-refractivity contribution >= 4 is 23.2 Å². The molecule has 0 fully saturated rings. The van der Waals surface area contributed by atoms with Crippen molar-refractivity contribution in [2.45, 2.75) is 6.54 Å². The molecule has 0 saturated heterocycles. The zero-order valence-electron chi connectivity index (χ0n) is 8.03. The van der Waals surface area contributed by atoms with Crippen LogP contribution < -0.4 is 4.57 Å². The molecule has 0 atom stereocenters. The molecule has 0 unspecified atom stereocenters. The lowest BCUT2D eigenvalue weighted by Gasteiger charge is -2.02. The highest BCUT2D eigenvalue weighted by atomic mass is 35.5. The minimum Gasteiger partial charge on any atom is -0.201 e. The van der Waals surface area contributed by atoms with Gasteiger partial charge in [0, 0.05) is 12.1 Å². The SMILES string of the molecule is Clc1cccc(Cl)c1C[n+]1ccccc1. The Morgan fingerprint density at radius 2 is 1.47 bits per heavy atom. The van der Waals surface area contributed by atoms with Crippen molar-refractivity contribution in [1.82, 2.24) is 0 Å². The van der Waals surface area contributed by atoms with Gasteiger partial charge in [0.1, 0.15) is 0 Å². The van der Waals surface area contributed by atoms with Gasteiger partial charge in [-0.2, -0.15) is 0 Å². The quantitative estimate of drug-likeness (QED) is 0.707. The van der Waals surface area contributed by atoms with E-state index in [0.29, 0.717) is 16.6 Å². The third kappa shape index (κ3) is 2.49. The number of nitrogens with zero attached hydrogens (tertiary/aromatic N) is 1. The van der Waals surface area contributed by atoms with E-state index in [1.807, 2.05) is 53.4 Å². The Bertz CT molecular complexity index is 434. The molecule has 15 heavy (non-hydrogen) atoms. The number of aromatic nitrogens is 1. The summed E-state index contributed by atoms with van der Waals surface area (Å²) in [5.41, 5.74) is 0.956. The average Bonchev–Trinajstić information content (AvgIpc) is 2.25. The molecule has 3 heteroatoms. The standard InChI is InChI=1S/C12H10Cl2N/c13-11-5-4-6-12(14)10(11)9-15-7-2-1-3-8-15/h1-8H,9H2/q+1. The molecule has 2 rings (SSSR count). The third-order valence-corrected chi connectivity index (χ3v) is 2.89. The lowest BCUT2D eigenvalue weighted by Crippen LogP contribution is -2.33. The zero-order valence-corrected chi connectivity index (χ0v) is 9.54. The molecule has 0 spiro atoms. The first-order valence-corrected chi connectivity index (χ1v) is 5.40. The first-order valence-electron chi connectivity index (χ1n) is 4.64. The van der Waals surface area contributed by atoms with Gasteiger partial charge in [0.2, 0.25) is 0 Å². The van der Waals surface area contributed by atoms with Gasteiger partial charge in [0.05, 0.1) is 15.6 Å². The van der Waals surface area contributed by atoms with Crippen molar-refractivity contribution in [1.29, 1.82) is 0 Å². The number of halogens is 2. The molecule has 1 heterocycles. The van der Waals surface area contributed by atoms with E-state index in [9.17, 15) is 0 Å². The van der Waals surface area contributed by atoms with Crippen molar-refractivity contribution in [3.63, 3.8) is 0 Å². The van der Waals surface area contributed by atoms with Gasteiger partial charge in [-0.1, -0.05) is 35.3 Å². The van der Waals surface area contributed by atoms with Crippen LogP contribution in [0.4, 0.5) is 0 Å². The fraction of sp³-hybridized carbons (Fsp3) is 0.0833. The van der Waals surface area contributed by atoms with Crippen molar-refractivity contribution in [2.75, 3.05) is 0 Å². The summed E-state index contributed by atoms with van der Waals surface area (Å²) >= 11 is 12.2. The van der Waals surface area contributed by atoms with Crippen molar-refractivity contribution in [2.24, 2.45) is 0 Å². The normalized spacial score (nSPS) is 10.3. The molecule has 0 bridgehead atoms. The van der Waals surface area contributed by atoms with Gasteiger partial charge in [-0.15, -0.1) is 0 Å². The van der Waals surface area contributed by atoms with Gasteiger partial charge in [-0.3, -0.25) is 0 Å². The predicted molar refractivity (Wildman–Crippen MR) is 62.2 cm³/mol. The zero-order chi connectivity index (χ0) is 10.7. The van der Waals surface area contributed by atoms with Crippen molar-refractivity contribution in [3.05, 3.63) is 64.4 Å². The second-order valence-corrected chi connectivity index (χ2v) is 4.06. The second kappa shape index (κ2) is 4.65. The maximum absolute atomic E-state index is 6.08. The highest BCUT2D eigenvalue weighted by Gasteiger charge is 2.09. The minimum atomic E-state index is 0.694. The minimum absolute atomic E-state index is 0.694. The number of benzene rings is 1. The molecule has 0 saturated carbocycles. The average molecular weight is 239 g/mol. The number of pyridine rings is 1. The molecule has 1 aromatic heterocycles.